The van der Waals surface area contributed by atoms with E-state index in [1.165, 1.54) is 5.56 Å². The van der Waals surface area contributed by atoms with Gasteiger partial charge in [-0.15, -0.1) is 24.8 Å². The molecule has 3 aromatic rings. The number of rotatable bonds is 4. The highest BCUT2D eigenvalue weighted by atomic mass is 35.5. The fraction of sp³-hybridized carbons (Fsp3) is 0.200. The van der Waals surface area contributed by atoms with Gasteiger partial charge in [0, 0.05) is 24.3 Å². The Bertz CT molecular complexity index is 662. The van der Waals surface area contributed by atoms with Crippen molar-refractivity contribution in [1.29, 1.82) is 0 Å². The van der Waals surface area contributed by atoms with Crippen LogP contribution in [-0.2, 0) is 13.0 Å². The zero-order valence-corrected chi connectivity index (χ0v) is 13.3. The molecule has 0 N–H and O–H groups in total. The summed E-state index contributed by atoms with van der Waals surface area (Å²) in [4.78, 5) is 8.47. The van der Waals surface area contributed by atoms with Crippen molar-refractivity contribution in [3.63, 3.8) is 0 Å². The molecule has 112 valence electrons. The van der Waals surface area contributed by atoms with E-state index < -0.39 is 0 Å². The van der Waals surface area contributed by atoms with Crippen LogP contribution in [0.4, 0.5) is 0 Å². The molecule has 1 aromatic carbocycles. The van der Waals surface area contributed by atoms with Crippen LogP contribution >= 0.6 is 24.8 Å². The second-order valence-corrected chi connectivity index (χ2v) is 4.53. The van der Waals surface area contributed by atoms with E-state index >= 15 is 0 Å². The molecule has 6 heteroatoms. The van der Waals surface area contributed by atoms with E-state index in [1.54, 1.807) is 12.5 Å². The lowest BCUT2D eigenvalue weighted by atomic mass is 10.1. The molecular formula is C15H18Cl2N4. The molecule has 0 amide bonds. The van der Waals surface area contributed by atoms with Crippen molar-refractivity contribution in [2.75, 3.05) is 0 Å². The lowest BCUT2D eigenvalue weighted by Crippen LogP contribution is -1.96. The molecule has 4 nitrogen and oxygen atoms in total. The van der Waals surface area contributed by atoms with Gasteiger partial charge in [0.1, 0.15) is 0 Å². The molecule has 0 bridgehead atoms. The third-order valence-electron chi connectivity index (χ3n) is 3.16. The molecule has 0 fully saturated rings. The second-order valence-electron chi connectivity index (χ2n) is 4.53. The van der Waals surface area contributed by atoms with Gasteiger partial charge in [0.15, 0.2) is 0 Å². The molecule has 21 heavy (non-hydrogen) atoms. The first-order valence-corrected chi connectivity index (χ1v) is 6.43. The van der Waals surface area contributed by atoms with Crippen LogP contribution in [0.15, 0.2) is 55.5 Å². The highest BCUT2D eigenvalue weighted by molar-refractivity contribution is 5.85. The van der Waals surface area contributed by atoms with Crippen LogP contribution in [0.25, 0.3) is 5.69 Å². The molecule has 0 unspecified atom stereocenters. The Kier molecular flexibility index (Phi) is 6.46. The Balaban J connectivity index is 0.00000110. The summed E-state index contributed by atoms with van der Waals surface area (Å²) in [5, 5.41) is 0. The predicted molar refractivity (Wildman–Crippen MR) is 88.8 cm³/mol. The van der Waals surface area contributed by atoms with Crippen LogP contribution in [0.2, 0.25) is 0 Å². The van der Waals surface area contributed by atoms with Gasteiger partial charge in [0.2, 0.25) is 0 Å². The number of aryl methyl sites for hydroxylation is 1. The Morgan fingerprint density at radius 1 is 1.14 bits per heavy atom. The number of halogens is 2. The number of benzene rings is 1. The van der Waals surface area contributed by atoms with Crippen LogP contribution in [0.1, 0.15) is 18.2 Å². The fourth-order valence-electron chi connectivity index (χ4n) is 2.09. The number of nitrogens with zero attached hydrogens (tertiary/aromatic N) is 4. The Morgan fingerprint density at radius 3 is 2.71 bits per heavy atom. The first-order chi connectivity index (χ1) is 9.35. The van der Waals surface area contributed by atoms with Gasteiger partial charge in [-0.25, -0.2) is 9.97 Å². The molecular weight excluding hydrogens is 307 g/mol. The summed E-state index contributed by atoms with van der Waals surface area (Å²) in [6.07, 6.45) is 10.5. The normalized spacial score (nSPS) is 9.76. The Labute approximate surface area is 136 Å². The van der Waals surface area contributed by atoms with Crippen LogP contribution in [0, 0.1) is 0 Å². The third kappa shape index (κ3) is 4.09. The van der Waals surface area contributed by atoms with Gasteiger partial charge in [-0.3, -0.25) is 0 Å². The maximum atomic E-state index is 4.44. The summed E-state index contributed by atoms with van der Waals surface area (Å²) in [5.41, 5.74) is 3.52. The molecule has 2 heterocycles. The minimum Gasteiger partial charge on any atom is -0.331 e. The minimum atomic E-state index is 0. The molecule has 0 spiro atoms. The summed E-state index contributed by atoms with van der Waals surface area (Å²) >= 11 is 0. The van der Waals surface area contributed by atoms with Gasteiger partial charge in [-0.2, -0.15) is 0 Å². The fourth-order valence-corrected chi connectivity index (χ4v) is 2.09. The van der Waals surface area contributed by atoms with Crippen molar-refractivity contribution in [1.82, 2.24) is 19.1 Å². The van der Waals surface area contributed by atoms with E-state index in [2.05, 4.69) is 51.9 Å². The van der Waals surface area contributed by atoms with Crippen molar-refractivity contribution in [2.45, 2.75) is 19.9 Å². The Morgan fingerprint density at radius 2 is 2.00 bits per heavy atom. The predicted octanol–water partition coefficient (Wildman–Crippen LogP) is 3.52. The Hall–Kier alpha value is -1.78. The zero-order valence-electron chi connectivity index (χ0n) is 11.7. The quantitative estimate of drug-likeness (QED) is 0.736. The first kappa shape index (κ1) is 17.3. The molecule has 3 rings (SSSR count). The van der Waals surface area contributed by atoms with Crippen molar-refractivity contribution in [3.8, 4) is 5.69 Å². The van der Waals surface area contributed by atoms with E-state index in [0.29, 0.717) is 0 Å². The van der Waals surface area contributed by atoms with Gasteiger partial charge >= 0.3 is 0 Å². The molecule has 0 aliphatic carbocycles. The highest BCUT2D eigenvalue weighted by Gasteiger charge is 2.02. The van der Waals surface area contributed by atoms with Gasteiger partial charge in [-0.1, -0.05) is 19.1 Å². The molecule has 0 aliphatic rings. The third-order valence-corrected chi connectivity index (χ3v) is 3.16. The van der Waals surface area contributed by atoms with Gasteiger partial charge < -0.3 is 9.13 Å². The monoisotopic (exact) mass is 324 g/mol. The lowest BCUT2D eigenvalue weighted by molar-refractivity contribution is 0.778. The van der Waals surface area contributed by atoms with E-state index in [0.717, 1.165) is 24.3 Å². The number of hydrogen-bond donors (Lipinski definition) is 0. The maximum Gasteiger partial charge on any atom is 0.0996 e. The van der Waals surface area contributed by atoms with E-state index in [1.807, 2.05) is 17.1 Å². The van der Waals surface area contributed by atoms with Crippen molar-refractivity contribution < 1.29 is 0 Å². The second kappa shape index (κ2) is 7.86. The van der Waals surface area contributed by atoms with Crippen molar-refractivity contribution in [2.24, 2.45) is 0 Å². The maximum absolute atomic E-state index is 4.44. The highest BCUT2D eigenvalue weighted by Crippen LogP contribution is 2.12. The van der Waals surface area contributed by atoms with Gasteiger partial charge in [0.25, 0.3) is 0 Å². The van der Waals surface area contributed by atoms with Crippen LogP contribution in [0.5, 0.6) is 0 Å². The largest absolute Gasteiger partial charge is 0.331 e. The summed E-state index contributed by atoms with van der Waals surface area (Å²) < 4.78 is 4.07. The standard InChI is InChI=1S/C15H16N4.2ClH/c1-2-13-4-3-5-15(8-13)19-10-14(17-12-19)9-18-7-6-16-11-18;;/h3-8,10-12H,2,9H2,1H3;2*1H. The van der Waals surface area contributed by atoms with Crippen molar-refractivity contribution in [3.05, 3.63) is 66.8 Å². The molecule has 0 aliphatic heterocycles. The average Bonchev–Trinajstić information content (AvgIpc) is 3.11. The average molecular weight is 325 g/mol. The number of hydrogen-bond acceptors (Lipinski definition) is 2. The van der Waals surface area contributed by atoms with E-state index in [4.69, 9.17) is 0 Å². The van der Waals surface area contributed by atoms with Crippen LogP contribution in [-0.4, -0.2) is 19.1 Å². The minimum absolute atomic E-state index is 0. The van der Waals surface area contributed by atoms with Crippen LogP contribution < -0.4 is 0 Å². The summed E-state index contributed by atoms with van der Waals surface area (Å²) in [6.45, 7) is 2.91. The number of imidazole rings is 2. The summed E-state index contributed by atoms with van der Waals surface area (Å²) in [7, 11) is 0. The van der Waals surface area contributed by atoms with Gasteiger partial charge in [-0.05, 0) is 24.1 Å². The number of aromatic nitrogens is 4. The summed E-state index contributed by atoms with van der Waals surface area (Å²) in [5.74, 6) is 0. The molecule has 0 atom stereocenters. The molecule has 0 radical (unpaired) electrons. The topological polar surface area (TPSA) is 35.6 Å². The van der Waals surface area contributed by atoms with Crippen LogP contribution in [0.3, 0.4) is 0 Å². The van der Waals surface area contributed by atoms with Gasteiger partial charge in [0.05, 0.1) is 24.9 Å². The molecule has 0 saturated heterocycles. The zero-order chi connectivity index (χ0) is 13.1. The van der Waals surface area contributed by atoms with E-state index in [-0.39, 0.29) is 24.8 Å². The summed E-state index contributed by atoms with van der Waals surface area (Å²) in [6, 6.07) is 8.53. The SMILES string of the molecule is CCc1cccc(-n2cnc(Cn3ccnc3)c2)c1.Cl.Cl. The smallest absolute Gasteiger partial charge is 0.0996 e. The lowest BCUT2D eigenvalue weighted by Gasteiger charge is -2.04. The first-order valence-electron chi connectivity index (χ1n) is 6.43. The van der Waals surface area contributed by atoms with Crippen molar-refractivity contribution >= 4 is 24.8 Å². The van der Waals surface area contributed by atoms with E-state index in [9.17, 15) is 0 Å². The molecule has 0 saturated carbocycles. The molecule has 2 aromatic heterocycles.